The second kappa shape index (κ2) is 12.1. The van der Waals surface area contributed by atoms with E-state index < -0.39 is 17.1 Å². The first kappa shape index (κ1) is 28.4. The Bertz CT molecular complexity index is 1070. The number of piperidine rings is 1. The van der Waals surface area contributed by atoms with Crippen molar-refractivity contribution in [1.29, 1.82) is 0 Å². The van der Waals surface area contributed by atoms with E-state index >= 15 is 0 Å². The van der Waals surface area contributed by atoms with Crippen molar-refractivity contribution in [3.63, 3.8) is 0 Å². The molecule has 1 aromatic rings. The van der Waals surface area contributed by atoms with Crippen molar-refractivity contribution in [2.45, 2.75) is 133 Å². The Morgan fingerprint density at radius 1 is 1.10 bits per heavy atom. The molecule has 2 heterocycles. The van der Waals surface area contributed by atoms with E-state index in [1.807, 2.05) is 18.2 Å². The van der Waals surface area contributed by atoms with Crippen LogP contribution >= 0.6 is 0 Å². The molecule has 1 N–H and O–H groups in total. The largest absolute Gasteiger partial charge is 0.477 e. The number of rotatable bonds is 15. The van der Waals surface area contributed by atoms with Crippen LogP contribution in [0.3, 0.4) is 0 Å². The second-order valence-corrected chi connectivity index (χ2v) is 12.3. The summed E-state index contributed by atoms with van der Waals surface area (Å²) in [5.41, 5.74) is 0.184. The summed E-state index contributed by atoms with van der Waals surface area (Å²) in [7, 11) is 0. The molecule has 1 spiro atoms. The molecule has 1 saturated heterocycles. The Morgan fingerprint density at radius 2 is 1.79 bits per heavy atom. The van der Waals surface area contributed by atoms with Crippen molar-refractivity contribution in [2.24, 2.45) is 0 Å². The predicted molar refractivity (Wildman–Crippen MR) is 152 cm³/mol. The number of carbonyl (C=O) groups excluding carboxylic acids is 2. The number of carbonyl (C=O) groups is 2. The molecule has 6 nitrogen and oxygen atoms in total. The smallest absolute Gasteiger partial charge is 0.311 e. The van der Waals surface area contributed by atoms with Crippen LogP contribution in [0.4, 0.5) is 0 Å². The molecule has 4 aliphatic rings. The van der Waals surface area contributed by atoms with Crippen LogP contribution < -0.4 is 9.47 Å². The number of ketones is 1. The summed E-state index contributed by atoms with van der Waals surface area (Å²) >= 11 is 0. The van der Waals surface area contributed by atoms with Gasteiger partial charge in [0, 0.05) is 37.5 Å². The lowest BCUT2D eigenvalue weighted by atomic mass is 9.49. The number of hydrogen-bond donors (Lipinski definition) is 1. The van der Waals surface area contributed by atoms with Crippen molar-refractivity contribution < 1.29 is 24.2 Å². The highest BCUT2D eigenvalue weighted by molar-refractivity contribution is 5.90. The van der Waals surface area contributed by atoms with Gasteiger partial charge in [-0.25, -0.2) is 0 Å². The maximum atomic E-state index is 13.2. The zero-order valence-electron chi connectivity index (χ0n) is 23.8. The Hall–Kier alpha value is -2.18. The van der Waals surface area contributed by atoms with Gasteiger partial charge in [0.1, 0.15) is 0 Å². The van der Waals surface area contributed by atoms with Crippen molar-refractivity contribution in [1.82, 2.24) is 4.90 Å². The fourth-order valence-corrected chi connectivity index (χ4v) is 7.97. The summed E-state index contributed by atoms with van der Waals surface area (Å²) in [6.45, 7) is 7.64. The van der Waals surface area contributed by atoms with Gasteiger partial charge in [-0.2, -0.15) is 0 Å². The maximum absolute atomic E-state index is 13.2. The van der Waals surface area contributed by atoms with E-state index in [1.165, 1.54) is 51.4 Å². The summed E-state index contributed by atoms with van der Waals surface area (Å²) in [6, 6.07) is 3.75. The quantitative estimate of drug-likeness (QED) is 0.124. The van der Waals surface area contributed by atoms with Gasteiger partial charge in [-0.05, 0) is 37.3 Å². The zero-order chi connectivity index (χ0) is 27.5. The molecule has 2 fully saturated rings. The van der Waals surface area contributed by atoms with Gasteiger partial charge in [0.2, 0.25) is 0 Å². The third kappa shape index (κ3) is 5.08. The fourth-order valence-electron chi connectivity index (χ4n) is 7.97. The van der Waals surface area contributed by atoms with Gasteiger partial charge >= 0.3 is 5.97 Å². The number of esters is 1. The normalized spacial score (nSPS) is 28.6. The number of nitrogens with zero attached hydrogens (tertiary/aromatic N) is 1. The Balaban J connectivity index is 1.20. The molecular formula is C33H47NO5. The summed E-state index contributed by atoms with van der Waals surface area (Å²) in [5.74, 6) is 0.689. The van der Waals surface area contributed by atoms with Crippen LogP contribution in [0.5, 0.6) is 11.5 Å². The van der Waals surface area contributed by atoms with Gasteiger partial charge in [-0.15, -0.1) is 6.58 Å². The summed E-state index contributed by atoms with van der Waals surface area (Å²) in [6.07, 6.45) is 17.2. The lowest BCUT2D eigenvalue weighted by Gasteiger charge is -2.62. The summed E-state index contributed by atoms with van der Waals surface area (Å²) < 4.78 is 12.2. The minimum atomic E-state index is -1.05. The number of unbranched alkanes of at least 4 members (excludes halogenated alkanes) is 10. The molecule has 0 radical (unpaired) electrons. The molecule has 1 aromatic carbocycles. The Kier molecular flexibility index (Phi) is 8.82. The molecule has 5 rings (SSSR count). The number of hydrogen-bond acceptors (Lipinski definition) is 6. The van der Waals surface area contributed by atoms with Gasteiger partial charge < -0.3 is 14.6 Å². The molecule has 0 aromatic heterocycles. The highest BCUT2D eigenvalue weighted by atomic mass is 16.6. The van der Waals surface area contributed by atoms with Gasteiger partial charge in [0.15, 0.2) is 23.4 Å². The highest BCUT2D eigenvalue weighted by Crippen LogP contribution is 2.64. The van der Waals surface area contributed by atoms with E-state index in [1.54, 1.807) is 0 Å². The standard InChI is InChI=1S/C33H47NO5/c1-3-5-6-7-8-9-10-11-12-13-14-15-28(36)38-26-17-16-24-23-27-33(37)19-18-25(35)31-32(33,29(24)30(26)39-31)20-22-34(27)21-4-2/h4,16-17,27,31,37H,2-3,5-15,18-23H2,1H3/t27-,31-,32+,33-/m1/s1. The lowest BCUT2D eigenvalue weighted by molar-refractivity contribution is -0.187. The first-order valence-electron chi connectivity index (χ1n) is 15.6. The summed E-state index contributed by atoms with van der Waals surface area (Å²) in [5, 5.41) is 12.3. The van der Waals surface area contributed by atoms with Gasteiger partial charge in [0.05, 0.1) is 11.0 Å². The van der Waals surface area contributed by atoms with E-state index in [4.69, 9.17) is 9.47 Å². The van der Waals surface area contributed by atoms with Crippen LogP contribution in [0, 0.1) is 0 Å². The first-order valence-corrected chi connectivity index (χ1v) is 15.6. The van der Waals surface area contributed by atoms with Crippen LogP contribution in [0.15, 0.2) is 24.8 Å². The molecule has 4 atom stereocenters. The molecule has 2 aliphatic carbocycles. The second-order valence-electron chi connectivity index (χ2n) is 12.3. The zero-order valence-corrected chi connectivity index (χ0v) is 23.8. The van der Waals surface area contributed by atoms with E-state index in [2.05, 4.69) is 18.4 Å². The van der Waals surface area contributed by atoms with Crippen molar-refractivity contribution in [2.75, 3.05) is 13.1 Å². The molecule has 0 unspecified atom stereocenters. The molecule has 6 heteroatoms. The van der Waals surface area contributed by atoms with Crippen LogP contribution in [-0.4, -0.2) is 52.6 Å². The minimum absolute atomic E-state index is 0.0397. The van der Waals surface area contributed by atoms with E-state index in [9.17, 15) is 14.7 Å². The molecular weight excluding hydrogens is 490 g/mol. The molecule has 0 amide bonds. The van der Waals surface area contributed by atoms with Crippen molar-refractivity contribution in [3.8, 4) is 11.5 Å². The molecule has 2 aliphatic heterocycles. The fraction of sp³-hybridized carbons (Fsp3) is 0.697. The third-order valence-electron chi connectivity index (χ3n) is 9.93. The van der Waals surface area contributed by atoms with Gasteiger partial charge in [0.25, 0.3) is 0 Å². The maximum Gasteiger partial charge on any atom is 0.311 e. The van der Waals surface area contributed by atoms with Crippen LogP contribution in [0.1, 0.15) is 114 Å². The average Bonchev–Trinajstić information content (AvgIpc) is 3.28. The monoisotopic (exact) mass is 537 g/mol. The van der Waals surface area contributed by atoms with Gasteiger partial charge in [-0.1, -0.05) is 83.3 Å². The van der Waals surface area contributed by atoms with E-state index in [0.717, 1.165) is 36.9 Å². The molecule has 1 saturated carbocycles. The van der Waals surface area contributed by atoms with Crippen molar-refractivity contribution in [3.05, 3.63) is 35.9 Å². The predicted octanol–water partition coefficient (Wildman–Crippen LogP) is 6.20. The number of benzene rings is 1. The minimum Gasteiger partial charge on any atom is -0.477 e. The SMILES string of the molecule is C=CCN1CC[C@]23c4c5ccc(OC(=O)CCCCCCCCCCCCC)c4O[C@@H]2C(=O)CC[C@@]3(O)[C@H]1C5. The first-order chi connectivity index (χ1) is 19.0. The Labute approximate surface area is 234 Å². The molecule has 214 valence electrons. The third-order valence-corrected chi connectivity index (χ3v) is 9.93. The Morgan fingerprint density at radius 3 is 2.49 bits per heavy atom. The topological polar surface area (TPSA) is 76.1 Å². The average molecular weight is 538 g/mol. The number of ether oxygens (including phenoxy) is 2. The van der Waals surface area contributed by atoms with Crippen LogP contribution in [0.2, 0.25) is 0 Å². The van der Waals surface area contributed by atoms with Gasteiger partial charge in [-0.3, -0.25) is 14.5 Å². The summed E-state index contributed by atoms with van der Waals surface area (Å²) in [4.78, 5) is 28.3. The van der Waals surface area contributed by atoms with E-state index in [0.29, 0.717) is 50.1 Å². The van der Waals surface area contributed by atoms with E-state index in [-0.39, 0.29) is 17.8 Å². The van der Waals surface area contributed by atoms with Crippen LogP contribution in [0.25, 0.3) is 0 Å². The number of Topliss-reactive ketones (excluding diaryl/α,β-unsaturated/α-hetero) is 1. The molecule has 2 bridgehead atoms. The van der Waals surface area contributed by atoms with Crippen LogP contribution in [-0.2, 0) is 21.4 Å². The molecule has 39 heavy (non-hydrogen) atoms. The van der Waals surface area contributed by atoms with Crippen molar-refractivity contribution >= 4 is 11.8 Å². The highest BCUT2D eigenvalue weighted by Gasteiger charge is 2.73. The number of aliphatic hydroxyl groups is 1. The lowest BCUT2D eigenvalue weighted by Crippen LogP contribution is -2.76. The number of likely N-dealkylation sites (tertiary alicyclic amines) is 1.